The van der Waals surface area contributed by atoms with Crippen LogP contribution < -0.4 is 5.32 Å². The molecule has 4 heterocycles. The quantitative estimate of drug-likeness (QED) is 0.627. The molecule has 0 fully saturated rings. The molecular formula is C13H9N3OS3. The predicted molar refractivity (Wildman–Crippen MR) is 83.9 cm³/mol. The summed E-state index contributed by atoms with van der Waals surface area (Å²) in [7, 11) is 0. The van der Waals surface area contributed by atoms with Gasteiger partial charge in [-0.15, -0.1) is 34.0 Å². The van der Waals surface area contributed by atoms with E-state index in [0.717, 1.165) is 20.2 Å². The van der Waals surface area contributed by atoms with Gasteiger partial charge in [0, 0.05) is 16.5 Å². The second-order valence-corrected chi connectivity index (χ2v) is 7.17. The normalized spacial score (nSPS) is 11.4. The summed E-state index contributed by atoms with van der Waals surface area (Å²) in [6.07, 6.45) is 1.98. The Hall–Kier alpha value is -1.70. The van der Waals surface area contributed by atoms with Gasteiger partial charge in [0.25, 0.3) is 5.91 Å². The summed E-state index contributed by atoms with van der Waals surface area (Å²) in [6.45, 7) is 0.576. The van der Waals surface area contributed by atoms with E-state index in [2.05, 4.69) is 10.3 Å². The molecule has 0 aliphatic rings. The first-order valence-corrected chi connectivity index (χ1v) is 8.54. The summed E-state index contributed by atoms with van der Waals surface area (Å²) >= 11 is 4.68. The summed E-state index contributed by atoms with van der Waals surface area (Å²) in [4.78, 5) is 20.4. The summed E-state index contributed by atoms with van der Waals surface area (Å²) in [5, 5.41) is 6.95. The minimum atomic E-state index is -0.0367. The number of carbonyl (C=O) groups excluding carboxylic acids is 1. The third kappa shape index (κ3) is 1.94. The number of nitrogens with zero attached hydrogens (tertiary/aromatic N) is 2. The fourth-order valence-electron chi connectivity index (χ4n) is 2.03. The van der Waals surface area contributed by atoms with E-state index in [1.165, 1.54) is 11.3 Å². The highest BCUT2D eigenvalue weighted by molar-refractivity contribution is 7.21. The zero-order valence-corrected chi connectivity index (χ0v) is 12.6. The summed E-state index contributed by atoms with van der Waals surface area (Å²) in [5.41, 5.74) is 1.01. The summed E-state index contributed by atoms with van der Waals surface area (Å²) < 4.78 is 2.02. The van der Waals surface area contributed by atoms with Gasteiger partial charge in [0.15, 0.2) is 4.96 Å². The van der Waals surface area contributed by atoms with E-state index >= 15 is 0 Å². The highest BCUT2D eigenvalue weighted by Crippen LogP contribution is 2.28. The van der Waals surface area contributed by atoms with Crippen molar-refractivity contribution in [1.29, 1.82) is 0 Å². The number of hydrogen-bond acceptors (Lipinski definition) is 5. The van der Waals surface area contributed by atoms with E-state index in [4.69, 9.17) is 0 Å². The van der Waals surface area contributed by atoms with Crippen molar-refractivity contribution in [3.8, 4) is 0 Å². The van der Waals surface area contributed by atoms with E-state index in [-0.39, 0.29) is 5.91 Å². The molecule has 1 N–H and O–H groups in total. The molecule has 0 radical (unpaired) electrons. The van der Waals surface area contributed by atoms with Crippen LogP contribution >= 0.6 is 34.0 Å². The van der Waals surface area contributed by atoms with E-state index in [1.807, 2.05) is 39.6 Å². The van der Waals surface area contributed by atoms with Crippen LogP contribution in [0.15, 0.2) is 35.2 Å². The SMILES string of the molecule is O=C(NCc1cccs1)c1cc2c(nc3sccn32)s1. The summed E-state index contributed by atoms with van der Waals surface area (Å²) in [5.74, 6) is -0.0367. The van der Waals surface area contributed by atoms with Crippen molar-refractivity contribution in [3.63, 3.8) is 0 Å². The maximum Gasteiger partial charge on any atom is 0.261 e. The molecule has 0 saturated carbocycles. The van der Waals surface area contributed by atoms with Crippen LogP contribution in [-0.2, 0) is 6.54 Å². The summed E-state index contributed by atoms with van der Waals surface area (Å²) in [6, 6.07) is 5.91. The Morgan fingerprint density at radius 1 is 1.35 bits per heavy atom. The second kappa shape index (κ2) is 4.69. The second-order valence-electron chi connectivity index (χ2n) is 4.23. The van der Waals surface area contributed by atoms with E-state index < -0.39 is 0 Å². The highest BCUT2D eigenvalue weighted by Gasteiger charge is 2.14. The van der Waals surface area contributed by atoms with E-state index in [9.17, 15) is 4.79 Å². The van der Waals surface area contributed by atoms with Crippen LogP contribution in [0.5, 0.6) is 0 Å². The molecule has 0 atom stereocenters. The molecule has 1 amide bonds. The van der Waals surface area contributed by atoms with Crippen molar-refractivity contribution in [1.82, 2.24) is 14.7 Å². The Balaban J connectivity index is 1.60. The van der Waals surface area contributed by atoms with Crippen LogP contribution in [0.3, 0.4) is 0 Å². The number of fused-ring (bicyclic) bond motifs is 3. The van der Waals surface area contributed by atoms with Crippen molar-refractivity contribution < 1.29 is 4.79 Å². The molecule has 0 spiro atoms. The molecule has 0 bridgehead atoms. The number of carbonyl (C=O) groups is 1. The highest BCUT2D eigenvalue weighted by atomic mass is 32.1. The largest absolute Gasteiger partial charge is 0.346 e. The number of thiazole rings is 1. The van der Waals surface area contributed by atoms with Gasteiger partial charge >= 0.3 is 0 Å². The smallest absolute Gasteiger partial charge is 0.261 e. The first-order valence-electron chi connectivity index (χ1n) is 5.97. The van der Waals surface area contributed by atoms with Gasteiger partial charge in [-0.25, -0.2) is 4.98 Å². The Morgan fingerprint density at radius 2 is 2.30 bits per heavy atom. The molecule has 20 heavy (non-hydrogen) atoms. The third-order valence-corrected chi connectivity index (χ3v) is 5.62. The van der Waals surface area contributed by atoms with Crippen LogP contribution in [0.1, 0.15) is 14.5 Å². The minimum Gasteiger partial charge on any atom is -0.346 e. The first kappa shape index (κ1) is 12.1. The average Bonchev–Trinajstić information content (AvgIpc) is 3.17. The minimum absolute atomic E-state index is 0.0367. The Bertz CT molecular complexity index is 885. The van der Waals surface area contributed by atoms with Crippen molar-refractivity contribution in [2.24, 2.45) is 0 Å². The molecule has 0 aliphatic heterocycles. The maximum atomic E-state index is 12.2. The molecule has 4 rings (SSSR count). The monoisotopic (exact) mass is 319 g/mol. The van der Waals surface area contributed by atoms with Crippen LogP contribution in [0.25, 0.3) is 15.3 Å². The van der Waals surface area contributed by atoms with Gasteiger partial charge < -0.3 is 5.32 Å². The number of imidazole rings is 1. The van der Waals surface area contributed by atoms with Gasteiger partial charge in [-0.3, -0.25) is 9.20 Å². The van der Waals surface area contributed by atoms with Crippen LogP contribution in [0.4, 0.5) is 0 Å². The van der Waals surface area contributed by atoms with Gasteiger partial charge in [0.2, 0.25) is 0 Å². The van der Waals surface area contributed by atoms with Crippen molar-refractivity contribution in [3.05, 3.63) is 44.9 Å². The number of amides is 1. The molecule has 0 aliphatic carbocycles. The number of thiophene rings is 2. The van der Waals surface area contributed by atoms with Gasteiger partial charge in [-0.1, -0.05) is 6.07 Å². The zero-order chi connectivity index (χ0) is 13.5. The van der Waals surface area contributed by atoms with Gasteiger partial charge in [0.1, 0.15) is 4.83 Å². The molecule has 100 valence electrons. The molecular weight excluding hydrogens is 310 g/mol. The molecule has 4 aromatic rings. The lowest BCUT2D eigenvalue weighted by molar-refractivity contribution is 0.0955. The number of nitrogens with one attached hydrogen (secondary N) is 1. The Labute approximate surface area is 126 Å². The average molecular weight is 319 g/mol. The first-order chi connectivity index (χ1) is 9.81. The van der Waals surface area contributed by atoms with Crippen molar-refractivity contribution >= 4 is 55.2 Å². The fourth-order valence-corrected chi connectivity index (χ4v) is 4.39. The predicted octanol–water partition coefficient (Wildman–Crippen LogP) is 3.60. The molecule has 0 unspecified atom stereocenters. The zero-order valence-electron chi connectivity index (χ0n) is 10.2. The standard InChI is InChI=1S/C13H9N3OS3/c17-11(14-7-8-2-1-4-18-8)10-6-9-12(20-10)15-13-16(9)3-5-19-13/h1-6H,7H2,(H,14,17). The maximum absolute atomic E-state index is 12.2. The van der Waals surface area contributed by atoms with Gasteiger partial charge in [-0.05, 0) is 17.5 Å². The van der Waals surface area contributed by atoms with E-state index in [0.29, 0.717) is 11.4 Å². The topological polar surface area (TPSA) is 46.4 Å². The molecule has 0 saturated heterocycles. The Morgan fingerprint density at radius 3 is 3.15 bits per heavy atom. The van der Waals surface area contributed by atoms with Crippen molar-refractivity contribution in [2.45, 2.75) is 6.54 Å². The van der Waals surface area contributed by atoms with Gasteiger partial charge in [-0.2, -0.15) is 0 Å². The van der Waals surface area contributed by atoms with Crippen LogP contribution in [0, 0.1) is 0 Å². The lowest BCUT2D eigenvalue weighted by atomic mass is 10.4. The van der Waals surface area contributed by atoms with Crippen LogP contribution in [0.2, 0.25) is 0 Å². The Kier molecular flexibility index (Phi) is 2.83. The van der Waals surface area contributed by atoms with E-state index in [1.54, 1.807) is 22.7 Å². The van der Waals surface area contributed by atoms with Gasteiger partial charge in [0.05, 0.1) is 16.9 Å². The molecule has 0 aromatic carbocycles. The van der Waals surface area contributed by atoms with Crippen molar-refractivity contribution in [2.75, 3.05) is 0 Å². The number of aromatic nitrogens is 2. The number of hydrogen-bond donors (Lipinski definition) is 1. The molecule has 7 heteroatoms. The number of rotatable bonds is 3. The lowest BCUT2D eigenvalue weighted by Crippen LogP contribution is -2.21. The fraction of sp³-hybridized carbons (Fsp3) is 0.0769. The van der Waals surface area contributed by atoms with Crippen LogP contribution in [-0.4, -0.2) is 15.3 Å². The lowest BCUT2D eigenvalue weighted by Gasteiger charge is -2.00. The third-order valence-electron chi connectivity index (χ3n) is 2.97. The molecule has 4 aromatic heterocycles. The molecule has 4 nitrogen and oxygen atoms in total.